The molecule has 1 aromatic rings. The van der Waals surface area contributed by atoms with Gasteiger partial charge in [0, 0.05) is 32.0 Å². The molecule has 3 rings (SSSR count). The van der Waals surface area contributed by atoms with Crippen LogP contribution in [0.3, 0.4) is 0 Å². The molecule has 4 nitrogen and oxygen atoms in total. The molecule has 2 aliphatic heterocycles. The van der Waals surface area contributed by atoms with Gasteiger partial charge in [-0.25, -0.2) is 0 Å². The molecule has 3 heterocycles. The molecule has 106 valence electrons. The standard InChI is InChI=1S/C14H22ClN3O/c1-3-18-12(13(15)10(2)16-18)8-14(19)5-7-17-6-4-11(14)9-17/h11,19H,3-9H2,1-2H3. The summed E-state index contributed by atoms with van der Waals surface area (Å²) >= 11 is 6.37. The van der Waals surface area contributed by atoms with E-state index in [1.54, 1.807) is 0 Å². The Balaban J connectivity index is 1.88. The van der Waals surface area contributed by atoms with Crippen LogP contribution in [-0.4, -0.2) is 45.0 Å². The number of fused-ring (bicyclic) bond motifs is 2. The maximum Gasteiger partial charge on any atom is 0.0848 e. The van der Waals surface area contributed by atoms with Crippen molar-refractivity contribution < 1.29 is 5.11 Å². The van der Waals surface area contributed by atoms with Gasteiger partial charge in [-0.15, -0.1) is 0 Å². The van der Waals surface area contributed by atoms with E-state index in [0.29, 0.717) is 12.3 Å². The van der Waals surface area contributed by atoms with E-state index in [1.165, 1.54) is 0 Å². The van der Waals surface area contributed by atoms with Gasteiger partial charge in [0.15, 0.2) is 0 Å². The first kappa shape index (κ1) is 13.4. The van der Waals surface area contributed by atoms with E-state index < -0.39 is 5.60 Å². The van der Waals surface area contributed by atoms with Crippen LogP contribution in [0.5, 0.6) is 0 Å². The van der Waals surface area contributed by atoms with E-state index in [2.05, 4.69) is 16.9 Å². The number of hydrogen-bond donors (Lipinski definition) is 1. The molecule has 0 amide bonds. The van der Waals surface area contributed by atoms with Gasteiger partial charge < -0.3 is 10.0 Å². The third-order valence-electron chi connectivity index (χ3n) is 4.82. The van der Waals surface area contributed by atoms with Crippen LogP contribution in [0.25, 0.3) is 0 Å². The van der Waals surface area contributed by atoms with Gasteiger partial charge in [0.2, 0.25) is 0 Å². The highest BCUT2D eigenvalue weighted by Crippen LogP contribution is 2.39. The molecular formula is C14H22ClN3O. The Morgan fingerprint density at radius 2 is 2.26 bits per heavy atom. The first-order valence-corrected chi connectivity index (χ1v) is 7.58. The lowest BCUT2D eigenvalue weighted by Gasteiger charge is -2.39. The van der Waals surface area contributed by atoms with Crippen LogP contribution in [0.4, 0.5) is 0 Å². The average Bonchev–Trinajstić information content (AvgIpc) is 2.93. The molecule has 0 aromatic carbocycles. The molecular weight excluding hydrogens is 262 g/mol. The summed E-state index contributed by atoms with van der Waals surface area (Å²) in [7, 11) is 0. The van der Waals surface area contributed by atoms with E-state index in [1.807, 2.05) is 11.6 Å². The zero-order valence-electron chi connectivity index (χ0n) is 11.7. The van der Waals surface area contributed by atoms with Gasteiger partial charge in [-0.3, -0.25) is 4.68 Å². The Labute approximate surface area is 119 Å². The number of aryl methyl sites for hydroxylation is 2. The number of halogens is 1. The fourth-order valence-electron chi connectivity index (χ4n) is 3.59. The number of hydrogen-bond acceptors (Lipinski definition) is 3. The minimum Gasteiger partial charge on any atom is -0.389 e. The Kier molecular flexibility index (Phi) is 3.36. The number of aliphatic hydroxyl groups is 1. The highest BCUT2D eigenvalue weighted by atomic mass is 35.5. The largest absolute Gasteiger partial charge is 0.389 e. The van der Waals surface area contributed by atoms with Crippen LogP contribution in [0.1, 0.15) is 31.2 Å². The second-order valence-corrected chi connectivity index (χ2v) is 6.36. The molecule has 3 unspecified atom stereocenters. The van der Waals surface area contributed by atoms with Crippen molar-refractivity contribution in [2.24, 2.45) is 5.92 Å². The van der Waals surface area contributed by atoms with Gasteiger partial charge in [0.1, 0.15) is 0 Å². The summed E-state index contributed by atoms with van der Waals surface area (Å²) in [5.41, 5.74) is 1.27. The van der Waals surface area contributed by atoms with Crippen LogP contribution in [0, 0.1) is 12.8 Å². The fourth-order valence-corrected chi connectivity index (χ4v) is 3.79. The van der Waals surface area contributed by atoms with Crippen molar-refractivity contribution in [3.63, 3.8) is 0 Å². The summed E-state index contributed by atoms with van der Waals surface area (Å²) in [5.74, 6) is 0.387. The van der Waals surface area contributed by atoms with E-state index >= 15 is 0 Å². The molecule has 3 atom stereocenters. The first-order chi connectivity index (χ1) is 9.03. The lowest BCUT2D eigenvalue weighted by Crippen LogP contribution is -2.48. The van der Waals surface area contributed by atoms with Crippen molar-refractivity contribution in [1.29, 1.82) is 0 Å². The van der Waals surface area contributed by atoms with Crippen molar-refractivity contribution in [2.45, 2.75) is 45.3 Å². The van der Waals surface area contributed by atoms with Crippen LogP contribution < -0.4 is 0 Å². The third-order valence-corrected chi connectivity index (χ3v) is 5.31. The molecule has 5 heteroatoms. The summed E-state index contributed by atoms with van der Waals surface area (Å²) in [6.07, 6.45) is 2.59. The highest BCUT2D eigenvalue weighted by Gasteiger charge is 2.45. The van der Waals surface area contributed by atoms with Gasteiger partial charge in [-0.05, 0) is 33.2 Å². The minimum atomic E-state index is -0.601. The van der Waals surface area contributed by atoms with E-state index in [9.17, 15) is 5.11 Å². The Bertz CT molecular complexity index is 487. The highest BCUT2D eigenvalue weighted by molar-refractivity contribution is 6.31. The lowest BCUT2D eigenvalue weighted by molar-refractivity contribution is -0.0452. The van der Waals surface area contributed by atoms with E-state index in [0.717, 1.165) is 55.4 Å². The van der Waals surface area contributed by atoms with Crippen LogP contribution in [0.2, 0.25) is 5.02 Å². The topological polar surface area (TPSA) is 41.3 Å². The van der Waals surface area contributed by atoms with Crippen molar-refractivity contribution in [1.82, 2.24) is 14.7 Å². The van der Waals surface area contributed by atoms with Crippen molar-refractivity contribution >= 4 is 11.6 Å². The molecule has 19 heavy (non-hydrogen) atoms. The summed E-state index contributed by atoms with van der Waals surface area (Å²) in [5, 5.41) is 16.2. The molecule has 2 aliphatic rings. The fraction of sp³-hybridized carbons (Fsp3) is 0.786. The number of piperidine rings is 1. The van der Waals surface area contributed by atoms with Gasteiger partial charge in [-0.2, -0.15) is 5.10 Å². The summed E-state index contributed by atoms with van der Waals surface area (Å²) in [4.78, 5) is 2.45. The van der Waals surface area contributed by atoms with Crippen molar-refractivity contribution in [2.75, 3.05) is 19.6 Å². The SMILES string of the molecule is CCn1nc(C)c(Cl)c1CC1(O)CCN2CCC1C2. The van der Waals surface area contributed by atoms with E-state index in [4.69, 9.17) is 11.6 Å². The maximum absolute atomic E-state index is 11.0. The Morgan fingerprint density at radius 3 is 3.00 bits per heavy atom. The monoisotopic (exact) mass is 283 g/mol. The molecule has 1 aromatic heterocycles. The summed E-state index contributed by atoms with van der Waals surface area (Å²) in [6, 6.07) is 0. The molecule has 2 fully saturated rings. The van der Waals surface area contributed by atoms with E-state index in [-0.39, 0.29) is 0 Å². The van der Waals surface area contributed by atoms with Gasteiger partial charge >= 0.3 is 0 Å². The zero-order valence-corrected chi connectivity index (χ0v) is 12.4. The smallest absolute Gasteiger partial charge is 0.0848 e. The van der Waals surface area contributed by atoms with Gasteiger partial charge in [-0.1, -0.05) is 11.6 Å². The maximum atomic E-state index is 11.0. The number of nitrogens with zero attached hydrogens (tertiary/aromatic N) is 3. The Hall–Kier alpha value is -0.580. The van der Waals surface area contributed by atoms with Gasteiger partial charge in [0.05, 0.1) is 22.0 Å². The molecule has 0 radical (unpaired) electrons. The molecule has 0 saturated carbocycles. The second kappa shape index (κ2) is 4.76. The first-order valence-electron chi connectivity index (χ1n) is 7.20. The lowest BCUT2D eigenvalue weighted by atomic mass is 9.79. The van der Waals surface area contributed by atoms with Crippen molar-refractivity contribution in [3.8, 4) is 0 Å². The third kappa shape index (κ3) is 2.20. The average molecular weight is 284 g/mol. The van der Waals surface area contributed by atoms with Crippen molar-refractivity contribution in [3.05, 3.63) is 16.4 Å². The zero-order chi connectivity index (χ0) is 13.6. The molecule has 0 spiro atoms. The molecule has 0 aliphatic carbocycles. The minimum absolute atomic E-state index is 0.387. The van der Waals surface area contributed by atoms with Gasteiger partial charge in [0.25, 0.3) is 0 Å². The number of aromatic nitrogens is 2. The molecule has 1 N–H and O–H groups in total. The predicted molar refractivity (Wildman–Crippen MR) is 75.5 cm³/mol. The molecule has 2 bridgehead atoms. The summed E-state index contributed by atoms with van der Waals surface area (Å²) in [6.45, 7) is 7.97. The molecule has 2 saturated heterocycles. The van der Waals surface area contributed by atoms with Crippen LogP contribution in [-0.2, 0) is 13.0 Å². The predicted octanol–water partition coefficient (Wildman–Crippen LogP) is 1.86. The normalized spacial score (nSPS) is 33.9. The summed E-state index contributed by atoms with van der Waals surface area (Å²) < 4.78 is 1.94. The van der Waals surface area contributed by atoms with Crippen LogP contribution >= 0.6 is 11.6 Å². The van der Waals surface area contributed by atoms with Crippen LogP contribution in [0.15, 0.2) is 0 Å². The Morgan fingerprint density at radius 1 is 1.47 bits per heavy atom. The quantitative estimate of drug-likeness (QED) is 0.921. The number of rotatable bonds is 3. The second-order valence-electron chi connectivity index (χ2n) is 5.98.